The molecular formula is C19H23ClN2O3. The molecule has 0 saturated carbocycles. The fraction of sp³-hybridized carbons (Fsp3) is 0.368. The SMILES string of the molecule is COc1ccc(CCC(=O)NCc2cccnc2OC(C)C)cc1Cl. The van der Waals surface area contributed by atoms with E-state index in [0.29, 0.717) is 36.0 Å². The summed E-state index contributed by atoms with van der Waals surface area (Å²) < 4.78 is 10.8. The lowest BCUT2D eigenvalue weighted by Crippen LogP contribution is -2.23. The minimum Gasteiger partial charge on any atom is -0.495 e. The molecule has 2 aromatic rings. The highest BCUT2D eigenvalue weighted by molar-refractivity contribution is 6.32. The minimum absolute atomic E-state index is 0.0316. The molecule has 25 heavy (non-hydrogen) atoms. The van der Waals surface area contributed by atoms with E-state index in [1.807, 2.05) is 38.1 Å². The highest BCUT2D eigenvalue weighted by Crippen LogP contribution is 2.25. The molecule has 0 radical (unpaired) electrons. The van der Waals surface area contributed by atoms with Crippen molar-refractivity contribution in [2.24, 2.45) is 0 Å². The van der Waals surface area contributed by atoms with E-state index in [-0.39, 0.29) is 12.0 Å². The van der Waals surface area contributed by atoms with Crippen LogP contribution in [0.3, 0.4) is 0 Å². The summed E-state index contributed by atoms with van der Waals surface area (Å²) in [7, 11) is 1.57. The van der Waals surface area contributed by atoms with Crippen LogP contribution >= 0.6 is 11.6 Å². The van der Waals surface area contributed by atoms with E-state index in [0.717, 1.165) is 11.1 Å². The van der Waals surface area contributed by atoms with Gasteiger partial charge in [0.05, 0.1) is 18.2 Å². The highest BCUT2D eigenvalue weighted by Gasteiger charge is 2.09. The van der Waals surface area contributed by atoms with Crippen molar-refractivity contribution in [3.63, 3.8) is 0 Å². The Bertz CT molecular complexity index is 720. The molecule has 1 heterocycles. The number of amides is 1. The maximum Gasteiger partial charge on any atom is 0.220 e. The fourth-order valence-electron chi connectivity index (χ4n) is 2.29. The summed E-state index contributed by atoms with van der Waals surface area (Å²) in [6.07, 6.45) is 2.70. The van der Waals surface area contributed by atoms with Crippen LogP contribution in [0.4, 0.5) is 0 Å². The standard InChI is InChI=1S/C19H23ClN2O3/c1-13(2)25-19-15(5-4-10-21-19)12-22-18(23)9-7-14-6-8-17(24-3)16(20)11-14/h4-6,8,10-11,13H,7,9,12H2,1-3H3,(H,22,23). The zero-order valence-corrected chi connectivity index (χ0v) is 15.5. The Balaban J connectivity index is 1.86. The number of nitrogens with zero attached hydrogens (tertiary/aromatic N) is 1. The Hall–Kier alpha value is -2.27. The second-order valence-corrected chi connectivity index (χ2v) is 6.29. The Morgan fingerprint density at radius 1 is 1.32 bits per heavy atom. The molecule has 0 unspecified atom stereocenters. The van der Waals surface area contributed by atoms with Crippen molar-refractivity contribution >= 4 is 17.5 Å². The summed E-state index contributed by atoms with van der Waals surface area (Å²) in [6.45, 7) is 4.27. The molecule has 6 heteroatoms. The monoisotopic (exact) mass is 362 g/mol. The second kappa shape index (κ2) is 9.28. The minimum atomic E-state index is -0.0358. The fourth-order valence-corrected chi connectivity index (χ4v) is 2.57. The van der Waals surface area contributed by atoms with Crippen LogP contribution < -0.4 is 14.8 Å². The van der Waals surface area contributed by atoms with Crippen molar-refractivity contribution in [1.29, 1.82) is 0 Å². The van der Waals surface area contributed by atoms with Gasteiger partial charge < -0.3 is 14.8 Å². The van der Waals surface area contributed by atoms with Gasteiger partial charge in [-0.05, 0) is 44.0 Å². The number of aromatic nitrogens is 1. The number of rotatable bonds is 8. The molecule has 1 N–H and O–H groups in total. The van der Waals surface area contributed by atoms with Gasteiger partial charge in [-0.2, -0.15) is 0 Å². The first-order valence-corrected chi connectivity index (χ1v) is 8.57. The van der Waals surface area contributed by atoms with E-state index in [4.69, 9.17) is 21.1 Å². The molecule has 0 aliphatic rings. The number of hydrogen-bond acceptors (Lipinski definition) is 4. The van der Waals surface area contributed by atoms with E-state index in [1.165, 1.54) is 0 Å². The Morgan fingerprint density at radius 3 is 2.80 bits per heavy atom. The number of hydrogen-bond donors (Lipinski definition) is 1. The van der Waals surface area contributed by atoms with Crippen LogP contribution in [-0.4, -0.2) is 24.1 Å². The van der Waals surface area contributed by atoms with Gasteiger partial charge in [0.25, 0.3) is 0 Å². The number of ether oxygens (including phenoxy) is 2. The van der Waals surface area contributed by atoms with Gasteiger partial charge in [0.15, 0.2) is 0 Å². The predicted molar refractivity (Wildman–Crippen MR) is 98.2 cm³/mol. The summed E-state index contributed by atoms with van der Waals surface area (Å²) in [5, 5.41) is 3.45. The number of carbonyl (C=O) groups excluding carboxylic acids is 1. The third-order valence-corrected chi connectivity index (χ3v) is 3.83. The van der Waals surface area contributed by atoms with Crippen molar-refractivity contribution in [2.45, 2.75) is 39.3 Å². The first kappa shape index (κ1) is 19.1. The molecule has 0 bridgehead atoms. The summed E-state index contributed by atoms with van der Waals surface area (Å²) in [5.74, 6) is 1.15. The Kier molecular flexibility index (Phi) is 7.07. The quantitative estimate of drug-likeness (QED) is 0.776. The van der Waals surface area contributed by atoms with E-state index >= 15 is 0 Å². The number of nitrogens with one attached hydrogen (secondary N) is 1. The van der Waals surface area contributed by atoms with Crippen LogP contribution in [0.15, 0.2) is 36.5 Å². The topological polar surface area (TPSA) is 60.5 Å². The molecule has 1 aromatic heterocycles. The lowest BCUT2D eigenvalue weighted by atomic mass is 10.1. The van der Waals surface area contributed by atoms with Crippen LogP contribution in [-0.2, 0) is 17.8 Å². The van der Waals surface area contributed by atoms with Crippen LogP contribution in [0, 0.1) is 0 Å². The number of halogens is 1. The van der Waals surface area contributed by atoms with Crippen molar-refractivity contribution in [2.75, 3.05) is 7.11 Å². The maximum atomic E-state index is 12.1. The van der Waals surface area contributed by atoms with E-state index < -0.39 is 0 Å². The zero-order chi connectivity index (χ0) is 18.2. The molecule has 1 amide bonds. The highest BCUT2D eigenvalue weighted by atomic mass is 35.5. The molecule has 0 fully saturated rings. The molecular weight excluding hydrogens is 340 g/mol. The molecule has 0 saturated heterocycles. The largest absolute Gasteiger partial charge is 0.495 e. The molecule has 0 atom stereocenters. The van der Waals surface area contributed by atoms with Crippen molar-refractivity contribution in [3.05, 3.63) is 52.7 Å². The van der Waals surface area contributed by atoms with E-state index in [2.05, 4.69) is 10.3 Å². The maximum absolute atomic E-state index is 12.1. The number of aryl methyl sites for hydroxylation is 1. The summed E-state index contributed by atoms with van der Waals surface area (Å²) in [5.41, 5.74) is 1.85. The Morgan fingerprint density at radius 2 is 2.12 bits per heavy atom. The van der Waals surface area contributed by atoms with Crippen LogP contribution in [0.5, 0.6) is 11.6 Å². The lowest BCUT2D eigenvalue weighted by molar-refractivity contribution is -0.121. The van der Waals surface area contributed by atoms with Gasteiger partial charge in [-0.25, -0.2) is 4.98 Å². The lowest BCUT2D eigenvalue weighted by Gasteiger charge is -2.13. The first-order chi connectivity index (χ1) is 12.0. The number of methoxy groups -OCH3 is 1. The predicted octanol–water partition coefficient (Wildman–Crippen LogP) is 3.78. The van der Waals surface area contributed by atoms with Gasteiger partial charge >= 0.3 is 0 Å². The average Bonchev–Trinajstić information content (AvgIpc) is 2.59. The van der Waals surface area contributed by atoms with Gasteiger partial charge in [-0.1, -0.05) is 23.7 Å². The zero-order valence-electron chi connectivity index (χ0n) is 14.7. The van der Waals surface area contributed by atoms with E-state index in [1.54, 1.807) is 19.4 Å². The van der Waals surface area contributed by atoms with Crippen molar-refractivity contribution in [1.82, 2.24) is 10.3 Å². The van der Waals surface area contributed by atoms with Crippen molar-refractivity contribution in [3.8, 4) is 11.6 Å². The molecule has 134 valence electrons. The number of benzene rings is 1. The normalized spacial score (nSPS) is 10.6. The average molecular weight is 363 g/mol. The van der Waals surface area contributed by atoms with E-state index in [9.17, 15) is 4.79 Å². The van der Waals surface area contributed by atoms with Crippen LogP contribution in [0.2, 0.25) is 5.02 Å². The summed E-state index contributed by atoms with van der Waals surface area (Å²) >= 11 is 6.10. The molecule has 0 spiro atoms. The van der Waals surface area contributed by atoms with Gasteiger partial charge in [0, 0.05) is 24.7 Å². The summed E-state index contributed by atoms with van der Waals surface area (Å²) in [6, 6.07) is 9.26. The van der Waals surface area contributed by atoms with Gasteiger partial charge in [0.1, 0.15) is 5.75 Å². The van der Waals surface area contributed by atoms with Gasteiger partial charge in [-0.15, -0.1) is 0 Å². The Labute approximate surface area is 153 Å². The molecule has 5 nitrogen and oxygen atoms in total. The first-order valence-electron chi connectivity index (χ1n) is 8.19. The second-order valence-electron chi connectivity index (χ2n) is 5.88. The molecule has 1 aromatic carbocycles. The summed E-state index contributed by atoms with van der Waals surface area (Å²) in [4.78, 5) is 16.3. The molecule has 0 aliphatic carbocycles. The van der Waals surface area contributed by atoms with Crippen LogP contribution in [0.1, 0.15) is 31.4 Å². The van der Waals surface area contributed by atoms with Gasteiger partial charge in [-0.3, -0.25) is 4.79 Å². The third kappa shape index (κ3) is 5.94. The number of carbonyl (C=O) groups is 1. The third-order valence-electron chi connectivity index (χ3n) is 3.53. The van der Waals surface area contributed by atoms with Crippen molar-refractivity contribution < 1.29 is 14.3 Å². The van der Waals surface area contributed by atoms with Crippen LogP contribution in [0.25, 0.3) is 0 Å². The molecule has 2 rings (SSSR count). The molecule has 0 aliphatic heterocycles. The number of pyridine rings is 1. The van der Waals surface area contributed by atoms with Gasteiger partial charge in [0.2, 0.25) is 11.8 Å². The smallest absolute Gasteiger partial charge is 0.220 e.